The monoisotopic (exact) mass is 293 g/mol. The van der Waals surface area contributed by atoms with Gasteiger partial charge in [0, 0.05) is 12.0 Å². The minimum absolute atomic E-state index is 0.0346. The maximum atomic E-state index is 11.3. The summed E-state index contributed by atoms with van der Waals surface area (Å²) in [4.78, 5) is 0. The van der Waals surface area contributed by atoms with E-state index in [2.05, 4.69) is 13.8 Å². The maximum Gasteiger partial charge on any atom is 0.209 e. The van der Waals surface area contributed by atoms with Crippen molar-refractivity contribution in [3.05, 3.63) is 0 Å². The molecule has 0 saturated heterocycles. The summed E-state index contributed by atoms with van der Waals surface area (Å²) in [6.07, 6.45) is 3.89. The second kappa shape index (κ2) is 7.57. The zero-order valence-electron chi connectivity index (χ0n) is 12.1. The van der Waals surface area contributed by atoms with E-state index in [1.165, 1.54) is 0 Å². The lowest BCUT2D eigenvalue weighted by Gasteiger charge is -2.27. The molecule has 0 radical (unpaired) electrons. The number of sulfonamides is 1. The van der Waals surface area contributed by atoms with Gasteiger partial charge in [0.1, 0.15) is 0 Å². The summed E-state index contributed by atoms with van der Waals surface area (Å²) in [6, 6.07) is 0. The van der Waals surface area contributed by atoms with Gasteiger partial charge < -0.3 is 9.47 Å². The topological polar surface area (TPSA) is 78.6 Å². The molecule has 1 rings (SSSR count). The van der Waals surface area contributed by atoms with Crippen LogP contribution in [0.25, 0.3) is 0 Å². The fourth-order valence-corrected chi connectivity index (χ4v) is 3.83. The predicted octanol–water partition coefficient (Wildman–Crippen LogP) is 1.52. The third kappa shape index (κ3) is 7.25. The summed E-state index contributed by atoms with van der Waals surface area (Å²) >= 11 is 0. The zero-order chi connectivity index (χ0) is 14.4. The molecule has 0 spiro atoms. The van der Waals surface area contributed by atoms with Gasteiger partial charge in [-0.05, 0) is 18.8 Å². The van der Waals surface area contributed by atoms with Crippen LogP contribution in [-0.2, 0) is 19.5 Å². The molecule has 0 heterocycles. The van der Waals surface area contributed by atoms with Crippen LogP contribution < -0.4 is 5.14 Å². The third-order valence-corrected chi connectivity index (χ3v) is 4.42. The van der Waals surface area contributed by atoms with Crippen molar-refractivity contribution < 1.29 is 17.9 Å². The first kappa shape index (κ1) is 16.9. The first-order valence-electron chi connectivity index (χ1n) is 6.99. The van der Waals surface area contributed by atoms with Gasteiger partial charge in [0.15, 0.2) is 0 Å². The van der Waals surface area contributed by atoms with Crippen molar-refractivity contribution in [2.45, 2.75) is 39.5 Å². The number of ether oxygens (including phenoxy) is 2. The average Bonchev–Trinajstić information content (AvgIpc) is 2.69. The fourth-order valence-electron chi connectivity index (χ4n) is 2.61. The fraction of sp³-hybridized carbons (Fsp3) is 1.00. The van der Waals surface area contributed by atoms with Crippen LogP contribution in [0.4, 0.5) is 0 Å². The molecule has 0 bridgehead atoms. The SMILES string of the molecule is CC(C)COCCOCC1(CS(N)(=O)=O)CCCC1. The molecular formula is C13H27NO4S. The molecule has 0 aromatic heterocycles. The van der Waals surface area contributed by atoms with E-state index in [0.717, 1.165) is 32.3 Å². The van der Waals surface area contributed by atoms with Crippen molar-refractivity contribution in [2.24, 2.45) is 16.5 Å². The summed E-state index contributed by atoms with van der Waals surface area (Å²) in [5, 5.41) is 5.18. The van der Waals surface area contributed by atoms with Crippen LogP contribution >= 0.6 is 0 Å². The Labute approximate surface area is 116 Å². The third-order valence-electron chi connectivity index (χ3n) is 3.40. The molecule has 2 N–H and O–H groups in total. The van der Waals surface area contributed by atoms with Gasteiger partial charge in [-0.15, -0.1) is 0 Å². The van der Waals surface area contributed by atoms with Crippen LogP contribution in [0.3, 0.4) is 0 Å². The molecule has 5 nitrogen and oxygen atoms in total. The Morgan fingerprint density at radius 2 is 1.74 bits per heavy atom. The highest BCUT2D eigenvalue weighted by Crippen LogP contribution is 2.39. The molecule has 0 aliphatic heterocycles. The normalized spacial score (nSPS) is 19.2. The molecule has 1 aliphatic carbocycles. The summed E-state index contributed by atoms with van der Waals surface area (Å²) in [7, 11) is -3.44. The highest BCUT2D eigenvalue weighted by molar-refractivity contribution is 7.89. The Morgan fingerprint density at radius 1 is 1.16 bits per heavy atom. The van der Waals surface area contributed by atoms with Crippen LogP contribution in [-0.4, -0.2) is 40.6 Å². The maximum absolute atomic E-state index is 11.3. The van der Waals surface area contributed by atoms with Crippen molar-refractivity contribution in [3.8, 4) is 0 Å². The van der Waals surface area contributed by atoms with Crippen LogP contribution in [0.1, 0.15) is 39.5 Å². The Kier molecular flexibility index (Phi) is 6.73. The van der Waals surface area contributed by atoms with E-state index in [1.807, 2.05) is 0 Å². The second-order valence-electron chi connectivity index (χ2n) is 6.04. The van der Waals surface area contributed by atoms with Crippen LogP contribution in [0.5, 0.6) is 0 Å². The van der Waals surface area contributed by atoms with Crippen molar-refractivity contribution in [1.29, 1.82) is 0 Å². The lowest BCUT2D eigenvalue weighted by Crippen LogP contribution is -2.35. The number of rotatable bonds is 9. The van der Waals surface area contributed by atoms with Gasteiger partial charge in [-0.3, -0.25) is 0 Å². The van der Waals surface area contributed by atoms with Crippen molar-refractivity contribution in [1.82, 2.24) is 0 Å². The largest absolute Gasteiger partial charge is 0.379 e. The molecule has 1 fully saturated rings. The van der Waals surface area contributed by atoms with Crippen molar-refractivity contribution in [2.75, 3.05) is 32.2 Å². The minimum atomic E-state index is -3.44. The molecule has 19 heavy (non-hydrogen) atoms. The molecule has 0 aromatic carbocycles. The summed E-state index contributed by atoms with van der Waals surface area (Å²) in [5.41, 5.74) is -0.272. The zero-order valence-corrected chi connectivity index (χ0v) is 12.9. The lowest BCUT2D eigenvalue weighted by atomic mass is 9.90. The van der Waals surface area contributed by atoms with Crippen LogP contribution in [0.2, 0.25) is 0 Å². The number of primary sulfonamides is 1. The summed E-state index contributed by atoms with van der Waals surface area (Å²) < 4.78 is 33.6. The van der Waals surface area contributed by atoms with Crippen LogP contribution in [0.15, 0.2) is 0 Å². The first-order chi connectivity index (χ1) is 8.83. The van der Waals surface area contributed by atoms with E-state index in [0.29, 0.717) is 25.7 Å². The predicted molar refractivity (Wildman–Crippen MR) is 75.4 cm³/mol. The summed E-state index contributed by atoms with van der Waals surface area (Å²) in [6.45, 7) is 6.46. The van der Waals surface area contributed by atoms with Gasteiger partial charge in [-0.1, -0.05) is 26.7 Å². The highest BCUT2D eigenvalue weighted by atomic mass is 32.2. The molecule has 114 valence electrons. The Hall–Kier alpha value is -0.170. The number of hydrogen-bond donors (Lipinski definition) is 1. The number of nitrogens with two attached hydrogens (primary N) is 1. The molecular weight excluding hydrogens is 266 g/mol. The molecule has 1 saturated carbocycles. The molecule has 0 atom stereocenters. The second-order valence-corrected chi connectivity index (χ2v) is 7.65. The van der Waals surface area contributed by atoms with Gasteiger partial charge in [-0.2, -0.15) is 0 Å². The minimum Gasteiger partial charge on any atom is -0.379 e. The molecule has 6 heteroatoms. The van der Waals surface area contributed by atoms with Gasteiger partial charge in [0.05, 0.1) is 25.6 Å². The lowest BCUT2D eigenvalue weighted by molar-refractivity contribution is 0.00694. The Bertz CT molecular complexity index is 348. The number of hydrogen-bond acceptors (Lipinski definition) is 4. The standard InChI is InChI=1S/C13H27NO4S/c1-12(2)9-17-7-8-18-10-13(5-3-4-6-13)11-19(14,15)16/h12H,3-11H2,1-2H3,(H2,14,15,16). The summed E-state index contributed by atoms with van der Waals surface area (Å²) in [5.74, 6) is 0.552. The molecule has 0 aromatic rings. The van der Waals surface area contributed by atoms with E-state index >= 15 is 0 Å². The quantitative estimate of drug-likeness (QED) is 0.654. The van der Waals surface area contributed by atoms with E-state index in [-0.39, 0.29) is 11.2 Å². The van der Waals surface area contributed by atoms with Crippen LogP contribution in [0, 0.1) is 11.3 Å². The highest BCUT2D eigenvalue weighted by Gasteiger charge is 2.37. The van der Waals surface area contributed by atoms with E-state index in [1.54, 1.807) is 0 Å². The smallest absolute Gasteiger partial charge is 0.209 e. The molecule has 0 amide bonds. The molecule has 0 unspecified atom stereocenters. The Morgan fingerprint density at radius 3 is 2.26 bits per heavy atom. The van der Waals surface area contributed by atoms with Gasteiger partial charge in [0.2, 0.25) is 10.0 Å². The van der Waals surface area contributed by atoms with E-state index in [4.69, 9.17) is 14.6 Å². The Balaban J connectivity index is 2.27. The van der Waals surface area contributed by atoms with Crippen molar-refractivity contribution >= 4 is 10.0 Å². The molecule has 1 aliphatic rings. The van der Waals surface area contributed by atoms with Crippen molar-refractivity contribution in [3.63, 3.8) is 0 Å². The van der Waals surface area contributed by atoms with Gasteiger partial charge in [-0.25, -0.2) is 13.6 Å². The van der Waals surface area contributed by atoms with E-state index in [9.17, 15) is 8.42 Å². The van der Waals surface area contributed by atoms with Gasteiger partial charge in [0.25, 0.3) is 0 Å². The average molecular weight is 293 g/mol. The first-order valence-corrected chi connectivity index (χ1v) is 8.70. The van der Waals surface area contributed by atoms with E-state index < -0.39 is 10.0 Å². The van der Waals surface area contributed by atoms with Gasteiger partial charge >= 0.3 is 0 Å².